The molecule has 1 saturated heterocycles. The lowest BCUT2D eigenvalue weighted by molar-refractivity contribution is -0.129. The first kappa shape index (κ1) is 15.0. The average molecular weight is 275 g/mol. The van der Waals surface area contributed by atoms with Crippen molar-refractivity contribution in [1.29, 1.82) is 0 Å². The lowest BCUT2D eigenvalue weighted by Gasteiger charge is -2.25. The quantitative estimate of drug-likeness (QED) is 0.889. The Balaban J connectivity index is 2.11. The summed E-state index contributed by atoms with van der Waals surface area (Å²) in [5, 5.41) is 3.40. The van der Waals surface area contributed by atoms with Crippen molar-refractivity contribution < 1.29 is 4.79 Å². The maximum Gasteiger partial charge on any atom is 0.241 e. The number of nitrogens with one attached hydrogen (secondary N) is 1. The first-order valence-electron chi connectivity index (χ1n) is 7.27. The molecule has 0 aliphatic carbocycles. The van der Waals surface area contributed by atoms with Gasteiger partial charge in [0.2, 0.25) is 5.91 Å². The number of carbonyl (C=O) groups is 1. The highest BCUT2D eigenvalue weighted by Crippen LogP contribution is 2.26. The van der Waals surface area contributed by atoms with Gasteiger partial charge in [-0.05, 0) is 46.5 Å². The van der Waals surface area contributed by atoms with E-state index >= 15 is 0 Å². The number of hydrogen-bond donors (Lipinski definition) is 1. The van der Waals surface area contributed by atoms with Crippen molar-refractivity contribution in [2.45, 2.75) is 32.5 Å². The van der Waals surface area contributed by atoms with Crippen LogP contribution in [0.3, 0.4) is 0 Å². The smallest absolute Gasteiger partial charge is 0.241 e. The van der Waals surface area contributed by atoms with Gasteiger partial charge >= 0.3 is 0 Å². The lowest BCUT2D eigenvalue weighted by Crippen LogP contribution is -2.33. The summed E-state index contributed by atoms with van der Waals surface area (Å²) in [4.78, 5) is 16.4. The van der Waals surface area contributed by atoms with Gasteiger partial charge in [-0.2, -0.15) is 0 Å². The Morgan fingerprint density at radius 2 is 2.10 bits per heavy atom. The van der Waals surface area contributed by atoms with Crippen molar-refractivity contribution in [2.75, 3.05) is 27.2 Å². The fourth-order valence-electron chi connectivity index (χ4n) is 2.69. The van der Waals surface area contributed by atoms with Crippen LogP contribution >= 0.6 is 0 Å². The molecular weight excluding hydrogens is 250 g/mol. The van der Waals surface area contributed by atoms with Gasteiger partial charge in [-0.3, -0.25) is 10.1 Å². The Labute approximate surface area is 121 Å². The molecule has 4 nitrogen and oxygen atoms in total. The summed E-state index contributed by atoms with van der Waals surface area (Å²) < 4.78 is 0. The van der Waals surface area contributed by atoms with Crippen molar-refractivity contribution in [2.24, 2.45) is 0 Å². The van der Waals surface area contributed by atoms with E-state index in [9.17, 15) is 4.79 Å². The van der Waals surface area contributed by atoms with Gasteiger partial charge in [0.15, 0.2) is 0 Å². The van der Waals surface area contributed by atoms with Gasteiger partial charge in [0.05, 0.1) is 6.04 Å². The van der Waals surface area contributed by atoms with Gasteiger partial charge in [0.25, 0.3) is 0 Å². The predicted molar refractivity (Wildman–Crippen MR) is 81.4 cm³/mol. The Kier molecular flexibility index (Phi) is 4.78. The third-order valence-electron chi connectivity index (χ3n) is 3.74. The zero-order valence-corrected chi connectivity index (χ0v) is 12.9. The molecule has 0 spiro atoms. The maximum absolute atomic E-state index is 12.3. The highest BCUT2D eigenvalue weighted by molar-refractivity contribution is 5.84. The minimum atomic E-state index is -0.0973. The monoisotopic (exact) mass is 275 g/mol. The van der Waals surface area contributed by atoms with Crippen molar-refractivity contribution in [3.63, 3.8) is 0 Å². The van der Waals surface area contributed by atoms with Crippen molar-refractivity contribution in [3.8, 4) is 0 Å². The Bertz CT molecular complexity index is 473. The van der Waals surface area contributed by atoms with Crippen LogP contribution in [0.1, 0.15) is 30.6 Å². The number of benzene rings is 1. The molecule has 1 aromatic rings. The molecule has 0 aromatic heterocycles. The summed E-state index contributed by atoms with van der Waals surface area (Å²) in [7, 11) is 4.12. The predicted octanol–water partition coefficient (Wildman–Crippen LogP) is 1.77. The fraction of sp³-hybridized carbons (Fsp3) is 0.562. The SMILES string of the molecule is Cc1cccc(C2NC(C)C(=O)N2CCCN(C)C)c1. The topological polar surface area (TPSA) is 35.6 Å². The first-order valence-corrected chi connectivity index (χ1v) is 7.27. The molecule has 2 atom stereocenters. The zero-order chi connectivity index (χ0) is 14.7. The highest BCUT2D eigenvalue weighted by atomic mass is 16.2. The first-order chi connectivity index (χ1) is 9.49. The molecule has 20 heavy (non-hydrogen) atoms. The van der Waals surface area contributed by atoms with Gasteiger partial charge in [-0.1, -0.05) is 29.8 Å². The second-order valence-corrected chi connectivity index (χ2v) is 5.89. The molecule has 1 aliphatic heterocycles. The summed E-state index contributed by atoms with van der Waals surface area (Å²) >= 11 is 0. The molecule has 2 rings (SSSR count). The molecule has 1 aromatic carbocycles. The van der Waals surface area contributed by atoms with E-state index in [1.807, 2.05) is 11.8 Å². The summed E-state index contributed by atoms with van der Waals surface area (Å²) in [6.07, 6.45) is 1.01. The van der Waals surface area contributed by atoms with Crippen LogP contribution in [-0.4, -0.2) is 48.9 Å². The molecule has 0 bridgehead atoms. The van der Waals surface area contributed by atoms with Gasteiger partial charge in [0.1, 0.15) is 6.17 Å². The highest BCUT2D eigenvalue weighted by Gasteiger charge is 2.36. The molecule has 4 heteroatoms. The average Bonchev–Trinajstić information content (AvgIpc) is 2.66. The van der Waals surface area contributed by atoms with Crippen LogP contribution < -0.4 is 5.32 Å². The molecule has 0 radical (unpaired) electrons. The molecule has 110 valence electrons. The third-order valence-corrected chi connectivity index (χ3v) is 3.74. The van der Waals surface area contributed by atoms with Crippen molar-refractivity contribution in [3.05, 3.63) is 35.4 Å². The van der Waals surface area contributed by atoms with Crippen molar-refractivity contribution >= 4 is 5.91 Å². The van der Waals surface area contributed by atoms with Gasteiger partial charge < -0.3 is 9.80 Å². The number of hydrogen-bond acceptors (Lipinski definition) is 3. The minimum absolute atomic E-state index is 0.0135. The minimum Gasteiger partial charge on any atom is -0.322 e. The van der Waals surface area contributed by atoms with E-state index in [1.54, 1.807) is 0 Å². The van der Waals surface area contributed by atoms with Crippen molar-refractivity contribution in [1.82, 2.24) is 15.1 Å². The second-order valence-electron chi connectivity index (χ2n) is 5.89. The standard InChI is InChI=1S/C16H25N3O/c1-12-7-5-8-14(11-12)15-17-13(2)16(20)19(15)10-6-9-18(3)4/h5,7-8,11,13,15,17H,6,9-10H2,1-4H3. The molecule has 1 aliphatic rings. The molecule has 1 N–H and O–H groups in total. The molecule has 1 fully saturated rings. The van der Waals surface area contributed by atoms with Gasteiger partial charge in [-0.15, -0.1) is 0 Å². The summed E-state index contributed by atoms with van der Waals surface area (Å²) in [5.74, 6) is 0.204. The van der Waals surface area contributed by atoms with E-state index in [-0.39, 0.29) is 18.1 Å². The summed E-state index contributed by atoms with van der Waals surface area (Å²) in [6, 6.07) is 8.29. The second kappa shape index (κ2) is 6.37. The summed E-state index contributed by atoms with van der Waals surface area (Å²) in [5.41, 5.74) is 2.40. The van der Waals surface area contributed by atoms with Crippen LogP contribution in [0.15, 0.2) is 24.3 Å². The van der Waals surface area contributed by atoms with Gasteiger partial charge in [0, 0.05) is 6.54 Å². The maximum atomic E-state index is 12.3. The van der Waals surface area contributed by atoms with Crippen LogP contribution in [0.2, 0.25) is 0 Å². The number of amides is 1. The molecular formula is C16H25N3O. The largest absolute Gasteiger partial charge is 0.322 e. The molecule has 1 amide bonds. The van der Waals surface area contributed by atoms with Crippen LogP contribution in [0.4, 0.5) is 0 Å². The van der Waals surface area contributed by atoms with Crippen LogP contribution in [0.25, 0.3) is 0 Å². The van der Waals surface area contributed by atoms with E-state index in [4.69, 9.17) is 0 Å². The molecule has 1 heterocycles. The van der Waals surface area contributed by atoms with Crippen LogP contribution in [-0.2, 0) is 4.79 Å². The third kappa shape index (κ3) is 3.38. The number of nitrogens with zero attached hydrogens (tertiary/aromatic N) is 2. The number of aryl methyl sites for hydroxylation is 1. The fourth-order valence-corrected chi connectivity index (χ4v) is 2.69. The van der Waals surface area contributed by atoms with E-state index in [1.165, 1.54) is 11.1 Å². The Hall–Kier alpha value is -1.39. The Morgan fingerprint density at radius 3 is 2.75 bits per heavy atom. The van der Waals surface area contributed by atoms with Crippen LogP contribution in [0, 0.1) is 6.92 Å². The number of carbonyl (C=O) groups excluding carboxylic acids is 1. The molecule has 0 saturated carbocycles. The van der Waals surface area contributed by atoms with Crippen LogP contribution in [0.5, 0.6) is 0 Å². The normalized spacial score (nSPS) is 22.9. The summed E-state index contributed by atoms with van der Waals surface area (Å²) in [6.45, 7) is 5.82. The van der Waals surface area contributed by atoms with E-state index in [0.29, 0.717) is 0 Å². The number of rotatable bonds is 5. The zero-order valence-electron chi connectivity index (χ0n) is 12.9. The van der Waals surface area contributed by atoms with E-state index in [2.05, 4.69) is 55.5 Å². The van der Waals surface area contributed by atoms with E-state index in [0.717, 1.165) is 19.5 Å². The molecule has 2 unspecified atom stereocenters. The Morgan fingerprint density at radius 1 is 1.35 bits per heavy atom. The van der Waals surface area contributed by atoms with E-state index < -0.39 is 0 Å². The van der Waals surface area contributed by atoms with Gasteiger partial charge in [-0.25, -0.2) is 0 Å². The lowest BCUT2D eigenvalue weighted by atomic mass is 10.1.